The molecule has 0 spiro atoms. The Kier molecular flexibility index (Phi) is 6.38. The molecule has 0 radical (unpaired) electrons. The quantitative estimate of drug-likeness (QED) is 0.342. The van der Waals surface area contributed by atoms with Crippen molar-refractivity contribution in [1.82, 2.24) is 4.98 Å². The molecule has 0 bridgehead atoms. The minimum Gasteiger partial charge on any atom is -0.488 e. The molecule has 0 fully saturated rings. The van der Waals surface area contributed by atoms with E-state index in [0.29, 0.717) is 18.8 Å². The van der Waals surface area contributed by atoms with Gasteiger partial charge < -0.3 is 9.47 Å². The summed E-state index contributed by atoms with van der Waals surface area (Å²) in [5.74, 6) is 0.425. The van der Waals surface area contributed by atoms with Crippen LogP contribution < -0.4 is 4.74 Å². The summed E-state index contributed by atoms with van der Waals surface area (Å²) >= 11 is 0. The lowest BCUT2D eigenvalue weighted by Gasteiger charge is -2.15. The summed E-state index contributed by atoms with van der Waals surface area (Å²) in [5, 5.41) is 0. The molecule has 4 nitrogen and oxygen atoms in total. The Labute approximate surface area is 182 Å². The maximum absolute atomic E-state index is 12.2. The molecule has 0 amide bonds. The van der Waals surface area contributed by atoms with E-state index < -0.39 is 0 Å². The van der Waals surface area contributed by atoms with Crippen LogP contribution in [0.1, 0.15) is 22.8 Å². The SMILES string of the molecule is CCOC(=O)c1cncc(-c2ccccc2-c2ccccc2OCc2ccccc2)c1. The van der Waals surface area contributed by atoms with Gasteiger partial charge in [0.15, 0.2) is 0 Å². The third kappa shape index (κ3) is 4.81. The van der Waals surface area contributed by atoms with Crippen molar-refractivity contribution in [2.45, 2.75) is 13.5 Å². The molecule has 154 valence electrons. The highest BCUT2D eigenvalue weighted by Crippen LogP contribution is 2.37. The van der Waals surface area contributed by atoms with Gasteiger partial charge in [-0.15, -0.1) is 0 Å². The number of aromatic nitrogens is 1. The van der Waals surface area contributed by atoms with Crippen molar-refractivity contribution < 1.29 is 14.3 Å². The van der Waals surface area contributed by atoms with Crippen LogP contribution in [0.4, 0.5) is 0 Å². The Morgan fingerprint density at radius 1 is 0.806 bits per heavy atom. The van der Waals surface area contributed by atoms with Crippen LogP contribution >= 0.6 is 0 Å². The van der Waals surface area contributed by atoms with E-state index >= 15 is 0 Å². The predicted molar refractivity (Wildman–Crippen MR) is 122 cm³/mol. The lowest BCUT2D eigenvalue weighted by atomic mass is 9.94. The minimum absolute atomic E-state index is 0.325. The Hall–Kier alpha value is -3.92. The minimum atomic E-state index is -0.374. The highest BCUT2D eigenvalue weighted by molar-refractivity contribution is 5.92. The van der Waals surface area contributed by atoms with E-state index in [2.05, 4.69) is 11.1 Å². The highest BCUT2D eigenvalue weighted by atomic mass is 16.5. The van der Waals surface area contributed by atoms with Gasteiger partial charge in [-0.1, -0.05) is 72.8 Å². The van der Waals surface area contributed by atoms with E-state index in [1.807, 2.05) is 78.9 Å². The number of pyridine rings is 1. The standard InChI is InChI=1S/C27H23NO3/c1-2-30-27(29)22-16-21(17-28-18-22)23-12-6-7-13-24(23)25-14-8-9-15-26(25)31-19-20-10-4-3-5-11-20/h3-18H,2,19H2,1H3. The molecule has 4 heteroatoms. The molecule has 3 aromatic carbocycles. The second-order valence-corrected chi connectivity index (χ2v) is 7.00. The van der Waals surface area contributed by atoms with Crippen LogP contribution in [0.3, 0.4) is 0 Å². The van der Waals surface area contributed by atoms with Crippen molar-refractivity contribution in [1.29, 1.82) is 0 Å². The Balaban J connectivity index is 1.70. The molecule has 4 aromatic rings. The van der Waals surface area contributed by atoms with Crippen molar-refractivity contribution in [3.63, 3.8) is 0 Å². The molecule has 4 rings (SSSR count). The van der Waals surface area contributed by atoms with Gasteiger partial charge in [0.25, 0.3) is 0 Å². The van der Waals surface area contributed by atoms with Crippen molar-refractivity contribution in [2.75, 3.05) is 6.61 Å². The van der Waals surface area contributed by atoms with Gasteiger partial charge in [-0.3, -0.25) is 4.98 Å². The summed E-state index contributed by atoms with van der Waals surface area (Å²) < 4.78 is 11.3. The molecule has 0 aliphatic heterocycles. The van der Waals surface area contributed by atoms with Crippen LogP contribution in [0.15, 0.2) is 97.3 Å². The third-order valence-corrected chi connectivity index (χ3v) is 4.90. The van der Waals surface area contributed by atoms with Gasteiger partial charge in [-0.25, -0.2) is 4.79 Å². The molecule has 0 unspecified atom stereocenters. The molecule has 0 aliphatic rings. The molecule has 0 saturated carbocycles. The number of rotatable bonds is 7. The van der Waals surface area contributed by atoms with Crippen molar-refractivity contribution in [2.24, 2.45) is 0 Å². The molecule has 0 saturated heterocycles. The first-order chi connectivity index (χ1) is 15.3. The molecule has 0 aliphatic carbocycles. The van der Waals surface area contributed by atoms with E-state index in [-0.39, 0.29) is 5.97 Å². The van der Waals surface area contributed by atoms with Crippen molar-refractivity contribution in [3.8, 4) is 28.0 Å². The monoisotopic (exact) mass is 409 g/mol. The summed E-state index contributed by atoms with van der Waals surface area (Å²) in [7, 11) is 0. The lowest BCUT2D eigenvalue weighted by Crippen LogP contribution is -2.05. The van der Waals surface area contributed by atoms with Gasteiger partial charge in [0.2, 0.25) is 0 Å². The number of nitrogens with zero attached hydrogens (tertiary/aromatic N) is 1. The Morgan fingerprint density at radius 2 is 1.48 bits per heavy atom. The summed E-state index contributed by atoms with van der Waals surface area (Å²) in [5.41, 5.74) is 5.35. The predicted octanol–water partition coefficient (Wildman–Crippen LogP) is 6.17. The van der Waals surface area contributed by atoms with Crippen LogP contribution in [0.25, 0.3) is 22.3 Å². The zero-order valence-corrected chi connectivity index (χ0v) is 17.3. The lowest BCUT2D eigenvalue weighted by molar-refractivity contribution is 0.0526. The Morgan fingerprint density at radius 3 is 2.26 bits per heavy atom. The first-order valence-corrected chi connectivity index (χ1v) is 10.2. The average molecular weight is 409 g/mol. The zero-order chi connectivity index (χ0) is 21.5. The second-order valence-electron chi connectivity index (χ2n) is 7.00. The van der Waals surface area contributed by atoms with E-state index in [1.165, 1.54) is 6.20 Å². The van der Waals surface area contributed by atoms with Gasteiger partial charge >= 0.3 is 5.97 Å². The maximum atomic E-state index is 12.2. The van der Waals surface area contributed by atoms with Gasteiger partial charge in [-0.2, -0.15) is 0 Å². The Bertz CT molecular complexity index is 1170. The van der Waals surface area contributed by atoms with Gasteiger partial charge in [0.05, 0.1) is 12.2 Å². The number of benzene rings is 3. The highest BCUT2D eigenvalue weighted by Gasteiger charge is 2.14. The fourth-order valence-corrected chi connectivity index (χ4v) is 3.43. The summed E-state index contributed by atoms with van der Waals surface area (Å²) in [6, 6.07) is 27.9. The number of hydrogen-bond donors (Lipinski definition) is 0. The largest absolute Gasteiger partial charge is 0.488 e. The van der Waals surface area contributed by atoms with Crippen LogP contribution in [0.5, 0.6) is 5.75 Å². The van der Waals surface area contributed by atoms with Crippen LogP contribution in [0, 0.1) is 0 Å². The van der Waals surface area contributed by atoms with E-state index in [9.17, 15) is 4.79 Å². The molecular formula is C27H23NO3. The van der Waals surface area contributed by atoms with Gasteiger partial charge in [0, 0.05) is 23.5 Å². The van der Waals surface area contributed by atoms with Crippen LogP contribution in [-0.4, -0.2) is 17.6 Å². The van der Waals surface area contributed by atoms with Crippen molar-refractivity contribution in [3.05, 3.63) is 108 Å². The van der Waals surface area contributed by atoms with Gasteiger partial charge in [0.1, 0.15) is 12.4 Å². The summed E-state index contributed by atoms with van der Waals surface area (Å²) in [4.78, 5) is 16.4. The fraction of sp³-hybridized carbons (Fsp3) is 0.111. The van der Waals surface area contributed by atoms with E-state index in [1.54, 1.807) is 13.1 Å². The van der Waals surface area contributed by atoms with E-state index in [0.717, 1.165) is 33.6 Å². The molecule has 1 heterocycles. The number of esters is 1. The number of ether oxygens (including phenoxy) is 2. The molecule has 0 atom stereocenters. The fourth-order valence-electron chi connectivity index (χ4n) is 3.43. The molecule has 31 heavy (non-hydrogen) atoms. The number of hydrogen-bond acceptors (Lipinski definition) is 4. The first kappa shape index (κ1) is 20.4. The summed E-state index contributed by atoms with van der Waals surface area (Å²) in [6.07, 6.45) is 3.29. The van der Waals surface area contributed by atoms with E-state index in [4.69, 9.17) is 9.47 Å². The van der Waals surface area contributed by atoms with Gasteiger partial charge in [-0.05, 0) is 35.7 Å². The first-order valence-electron chi connectivity index (χ1n) is 10.2. The molecule has 0 N–H and O–H groups in total. The smallest absolute Gasteiger partial charge is 0.339 e. The zero-order valence-electron chi connectivity index (χ0n) is 17.3. The van der Waals surface area contributed by atoms with Crippen LogP contribution in [0.2, 0.25) is 0 Å². The maximum Gasteiger partial charge on any atom is 0.339 e. The normalized spacial score (nSPS) is 10.5. The number of carbonyl (C=O) groups excluding carboxylic acids is 1. The average Bonchev–Trinajstić information content (AvgIpc) is 2.84. The second kappa shape index (κ2) is 9.72. The van der Waals surface area contributed by atoms with Crippen molar-refractivity contribution >= 4 is 5.97 Å². The topological polar surface area (TPSA) is 48.4 Å². The summed E-state index contributed by atoms with van der Waals surface area (Å²) in [6.45, 7) is 2.60. The molecular weight excluding hydrogens is 386 g/mol. The number of para-hydroxylation sites is 1. The van der Waals surface area contributed by atoms with Crippen LogP contribution in [-0.2, 0) is 11.3 Å². The molecule has 1 aromatic heterocycles. The third-order valence-electron chi connectivity index (χ3n) is 4.90. The number of carbonyl (C=O) groups is 1.